The van der Waals surface area contributed by atoms with Crippen LogP contribution in [0, 0.1) is 11.8 Å². The molecular formula is C14H26O2. The fourth-order valence-corrected chi connectivity index (χ4v) is 2.36. The van der Waals surface area contributed by atoms with Crippen molar-refractivity contribution in [2.45, 2.75) is 65.4 Å². The highest BCUT2D eigenvalue weighted by molar-refractivity contribution is 5.81. The van der Waals surface area contributed by atoms with Crippen molar-refractivity contribution in [3.8, 4) is 0 Å². The van der Waals surface area contributed by atoms with Crippen LogP contribution >= 0.6 is 0 Å². The maximum Gasteiger partial charge on any atom is 0.136 e. The Hall–Kier alpha value is -0.370. The number of ether oxygens (including phenoxy) is 1. The van der Waals surface area contributed by atoms with Gasteiger partial charge in [-0.15, -0.1) is 0 Å². The standard InChI is InChI=1S/C14H26O2/c1-5-11-6-7-13(15)12(10-11)8-9-16-14(2,3)4/h11-12H,5-10H2,1-4H3. The molecule has 0 bridgehead atoms. The maximum absolute atomic E-state index is 11.8. The van der Waals surface area contributed by atoms with Gasteiger partial charge in [-0.05, 0) is 46.0 Å². The first-order valence-corrected chi connectivity index (χ1v) is 6.59. The molecule has 0 saturated heterocycles. The highest BCUT2D eigenvalue weighted by atomic mass is 16.5. The zero-order valence-electron chi connectivity index (χ0n) is 11.2. The van der Waals surface area contributed by atoms with Gasteiger partial charge < -0.3 is 4.74 Å². The molecule has 0 aromatic heterocycles. The molecule has 0 radical (unpaired) electrons. The summed E-state index contributed by atoms with van der Waals surface area (Å²) in [5.74, 6) is 1.49. The minimum absolute atomic E-state index is 0.0815. The third-order valence-corrected chi connectivity index (χ3v) is 3.45. The molecule has 0 N–H and O–H groups in total. The van der Waals surface area contributed by atoms with E-state index in [9.17, 15) is 4.79 Å². The predicted octanol–water partition coefficient (Wildman–Crippen LogP) is 3.59. The summed E-state index contributed by atoms with van der Waals surface area (Å²) in [5, 5.41) is 0. The van der Waals surface area contributed by atoms with Crippen LogP contribution in [0.5, 0.6) is 0 Å². The molecule has 0 aliphatic heterocycles. The first-order valence-electron chi connectivity index (χ1n) is 6.59. The molecule has 16 heavy (non-hydrogen) atoms. The lowest BCUT2D eigenvalue weighted by atomic mass is 9.78. The summed E-state index contributed by atoms with van der Waals surface area (Å²) in [6.45, 7) is 9.12. The van der Waals surface area contributed by atoms with Gasteiger partial charge in [0.15, 0.2) is 0 Å². The Balaban J connectivity index is 2.31. The molecule has 1 aliphatic carbocycles. The third kappa shape index (κ3) is 4.65. The van der Waals surface area contributed by atoms with E-state index in [-0.39, 0.29) is 11.5 Å². The van der Waals surface area contributed by atoms with Crippen LogP contribution in [0.4, 0.5) is 0 Å². The van der Waals surface area contributed by atoms with Crippen molar-refractivity contribution in [1.82, 2.24) is 0 Å². The smallest absolute Gasteiger partial charge is 0.136 e. The molecule has 0 spiro atoms. The third-order valence-electron chi connectivity index (χ3n) is 3.45. The van der Waals surface area contributed by atoms with Crippen LogP contribution < -0.4 is 0 Å². The molecule has 0 aromatic carbocycles. The Labute approximate surface area is 99.8 Å². The Morgan fingerprint density at radius 3 is 2.62 bits per heavy atom. The first-order chi connectivity index (χ1) is 7.42. The van der Waals surface area contributed by atoms with Crippen molar-refractivity contribution in [2.24, 2.45) is 11.8 Å². The average Bonchev–Trinajstić information content (AvgIpc) is 2.19. The zero-order chi connectivity index (χ0) is 12.2. The lowest BCUT2D eigenvalue weighted by Gasteiger charge is -2.28. The quantitative estimate of drug-likeness (QED) is 0.732. The first kappa shape index (κ1) is 13.7. The number of hydrogen-bond donors (Lipinski definition) is 0. The number of carbonyl (C=O) groups is 1. The lowest BCUT2D eigenvalue weighted by molar-refractivity contribution is -0.127. The second kappa shape index (κ2) is 5.81. The predicted molar refractivity (Wildman–Crippen MR) is 66.5 cm³/mol. The maximum atomic E-state index is 11.8. The van der Waals surface area contributed by atoms with Gasteiger partial charge in [-0.25, -0.2) is 0 Å². The van der Waals surface area contributed by atoms with Gasteiger partial charge in [0, 0.05) is 18.9 Å². The van der Waals surface area contributed by atoms with Crippen LogP contribution in [0.1, 0.15) is 59.8 Å². The van der Waals surface area contributed by atoms with E-state index < -0.39 is 0 Å². The van der Waals surface area contributed by atoms with E-state index in [4.69, 9.17) is 4.74 Å². The van der Waals surface area contributed by atoms with Crippen LogP contribution in [0.15, 0.2) is 0 Å². The summed E-state index contributed by atoms with van der Waals surface area (Å²) in [6.07, 6.45) is 5.10. The summed E-state index contributed by atoms with van der Waals surface area (Å²) in [4.78, 5) is 11.8. The summed E-state index contributed by atoms with van der Waals surface area (Å²) < 4.78 is 5.70. The van der Waals surface area contributed by atoms with Gasteiger partial charge in [-0.1, -0.05) is 13.3 Å². The number of hydrogen-bond acceptors (Lipinski definition) is 2. The highest BCUT2D eigenvalue weighted by Crippen LogP contribution is 2.30. The molecule has 1 fully saturated rings. The molecule has 2 heteroatoms. The van der Waals surface area contributed by atoms with Crippen LogP contribution in [0.3, 0.4) is 0 Å². The van der Waals surface area contributed by atoms with E-state index in [1.807, 2.05) is 0 Å². The molecule has 0 amide bonds. The second-order valence-electron chi connectivity index (χ2n) is 5.96. The van der Waals surface area contributed by atoms with Gasteiger partial charge in [-0.2, -0.15) is 0 Å². The molecular weight excluding hydrogens is 200 g/mol. The van der Waals surface area contributed by atoms with Crippen LogP contribution in [-0.2, 0) is 9.53 Å². The molecule has 94 valence electrons. The summed E-state index contributed by atoms with van der Waals surface area (Å²) in [7, 11) is 0. The Kier molecular flexibility index (Phi) is 4.97. The molecule has 2 atom stereocenters. The van der Waals surface area contributed by atoms with Crippen LogP contribution in [0.25, 0.3) is 0 Å². The average molecular weight is 226 g/mol. The second-order valence-corrected chi connectivity index (χ2v) is 5.96. The minimum atomic E-state index is -0.0815. The fourth-order valence-electron chi connectivity index (χ4n) is 2.36. The van der Waals surface area contributed by atoms with Gasteiger partial charge in [0.05, 0.1) is 5.60 Å². The molecule has 0 heterocycles. The lowest BCUT2D eigenvalue weighted by Crippen LogP contribution is -2.27. The summed E-state index contributed by atoms with van der Waals surface area (Å²) in [6, 6.07) is 0. The number of rotatable bonds is 4. The number of Topliss-reactive ketones (excluding diaryl/α,β-unsaturated/α-hetero) is 1. The molecule has 2 unspecified atom stereocenters. The van der Waals surface area contributed by atoms with E-state index in [1.54, 1.807) is 0 Å². The molecule has 1 rings (SSSR count). The summed E-state index contributed by atoms with van der Waals surface area (Å²) >= 11 is 0. The van der Waals surface area contributed by atoms with E-state index in [0.717, 1.165) is 38.2 Å². The van der Waals surface area contributed by atoms with Crippen molar-refractivity contribution in [1.29, 1.82) is 0 Å². The normalized spacial score (nSPS) is 27.1. The minimum Gasteiger partial charge on any atom is -0.376 e. The van der Waals surface area contributed by atoms with Gasteiger partial charge >= 0.3 is 0 Å². The van der Waals surface area contributed by atoms with E-state index in [1.165, 1.54) is 6.42 Å². The van der Waals surface area contributed by atoms with Crippen molar-refractivity contribution in [3.63, 3.8) is 0 Å². The van der Waals surface area contributed by atoms with Crippen molar-refractivity contribution >= 4 is 5.78 Å². The SMILES string of the molecule is CCC1CCC(=O)C(CCOC(C)(C)C)C1. The van der Waals surface area contributed by atoms with Crippen molar-refractivity contribution in [2.75, 3.05) is 6.61 Å². The monoisotopic (exact) mass is 226 g/mol. The van der Waals surface area contributed by atoms with Gasteiger partial charge in [0.1, 0.15) is 5.78 Å². The fraction of sp³-hybridized carbons (Fsp3) is 0.929. The van der Waals surface area contributed by atoms with Crippen LogP contribution in [0.2, 0.25) is 0 Å². The Bertz CT molecular complexity index is 227. The summed E-state index contributed by atoms with van der Waals surface area (Å²) in [5.41, 5.74) is -0.0815. The van der Waals surface area contributed by atoms with Crippen LogP contribution in [-0.4, -0.2) is 18.0 Å². The molecule has 1 saturated carbocycles. The Morgan fingerprint density at radius 2 is 2.06 bits per heavy atom. The zero-order valence-corrected chi connectivity index (χ0v) is 11.2. The van der Waals surface area contributed by atoms with Gasteiger partial charge in [-0.3, -0.25) is 4.79 Å². The van der Waals surface area contributed by atoms with Crippen molar-refractivity contribution < 1.29 is 9.53 Å². The van der Waals surface area contributed by atoms with E-state index in [0.29, 0.717) is 5.78 Å². The number of carbonyl (C=O) groups excluding carboxylic acids is 1. The van der Waals surface area contributed by atoms with Crippen molar-refractivity contribution in [3.05, 3.63) is 0 Å². The Morgan fingerprint density at radius 1 is 1.38 bits per heavy atom. The largest absolute Gasteiger partial charge is 0.376 e. The highest BCUT2D eigenvalue weighted by Gasteiger charge is 2.27. The van der Waals surface area contributed by atoms with E-state index >= 15 is 0 Å². The van der Waals surface area contributed by atoms with Gasteiger partial charge in [0.2, 0.25) is 0 Å². The topological polar surface area (TPSA) is 26.3 Å². The number of ketones is 1. The van der Waals surface area contributed by atoms with E-state index in [2.05, 4.69) is 27.7 Å². The molecule has 1 aliphatic rings. The molecule has 2 nitrogen and oxygen atoms in total. The van der Waals surface area contributed by atoms with Gasteiger partial charge in [0.25, 0.3) is 0 Å². The molecule has 0 aromatic rings.